The minimum atomic E-state index is -0.248. The van der Waals surface area contributed by atoms with Gasteiger partial charge in [0.25, 0.3) is 0 Å². The number of fused-ring (bicyclic) bond motifs is 1. The lowest BCUT2D eigenvalue weighted by molar-refractivity contribution is 0.0523. The number of carbonyl (C=O) groups excluding carboxylic acids is 1. The van der Waals surface area contributed by atoms with Crippen LogP contribution in [0.25, 0.3) is 0 Å². The van der Waals surface area contributed by atoms with Gasteiger partial charge in [-0.05, 0) is 20.3 Å². The first-order chi connectivity index (χ1) is 8.17. The maximum Gasteiger partial charge on any atom is 0.341 e. The van der Waals surface area contributed by atoms with Gasteiger partial charge in [0.15, 0.2) is 0 Å². The van der Waals surface area contributed by atoms with Crippen LogP contribution in [0.3, 0.4) is 0 Å². The number of nitrogens with one attached hydrogen (secondary N) is 1. The Kier molecular flexibility index (Phi) is 3.47. The van der Waals surface area contributed by atoms with Crippen LogP contribution in [0.5, 0.6) is 0 Å². The number of hydrogen-bond acceptors (Lipinski definition) is 4. The second-order valence-electron chi connectivity index (χ2n) is 4.31. The first-order valence-electron chi connectivity index (χ1n) is 6.16. The number of ether oxygens (including phenoxy) is 1. The molecule has 1 aromatic heterocycles. The zero-order valence-corrected chi connectivity index (χ0v) is 10.6. The van der Waals surface area contributed by atoms with Crippen LogP contribution in [-0.4, -0.2) is 28.4 Å². The predicted molar refractivity (Wildman–Crippen MR) is 63.9 cm³/mol. The molecular weight excluding hydrogens is 218 g/mol. The van der Waals surface area contributed by atoms with Crippen molar-refractivity contribution >= 4 is 5.97 Å². The van der Waals surface area contributed by atoms with E-state index in [1.165, 1.54) is 0 Å². The maximum absolute atomic E-state index is 11.9. The fourth-order valence-electron chi connectivity index (χ4n) is 2.16. The first kappa shape index (κ1) is 12.1. The van der Waals surface area contributed by atoms with E-state index in [9.17, 15) is 4.79 Å². The Bertz CT molecular complexity index is 426. The number of carbonyl (C=O) groups is 1. The Morgan fingerprint density at radius 2 is 2.35 bits per heavy atom. The van der Waals surface area contributed by atoms with Crippen molar-refractivity contribution in [3.63, 3.8) is 0 Å². The molecule has 2 heterocycles. The Morgan fingerprint density at radius 3 is 3.00 bits per heavy atom. The molecule has 1 aromatic rings. The third-order valence-electron chi connectivity index (χ3n) is 3.01. The van der Waals surface area contributed by atoms with Crippen molar-refractivity contribution in [1.82, 2.24) is 15.1 Å². The molecule has 0 saturated heterocycles. The molecule has 1 N–H and O–H groups in total. The van der Waals surface area contributed by atoms with E-state index in [0.29, 0.717) is 24.8 Å². The molecule has 5 heteroatoms. The summed E-state index contributed by atoms with van der Waals surface area (Å²) in [5.74, 6) is -0.248. The van der Waals surface area contributed by atoms with Crippen LogP contribution < -0.4 is 5.32 Å². The summed E-state index contributed by atoms with van der Waals surface area (Å²) in [5.41, 5.74) is 2.46. The first-order valence-corrected chi connectivity index (χ1v) is 6.16. The van der Waals surface area contributed by atoms with Crippen LogP contribution in [0.1, 0.15) is 42.5 Å². The molecule has 94 valence electrons. The monoisotopic (exact) mass is 237 g/mol. The Labute approximate surface area is 101 Å². The van der Waals surface area contributed by atoms with Crippen molar-refractivity contribution < 1.29 is 9.53 Å². The Hall–Kier alpha value is -1.36. The van der Waals surface area contributed by atoms with Crippen LogP contribution in [-0.2, 0) is 24.2 Å². The molecule has 0 saturated carbocycles. The highest BCUT2D eigenvalue weighted by Crippen LogP contribution is 2.20. The molecule has 1 aliphatic heterocycles. The molecular formula is C12H19N3O2. The number of esters is 1. The van der Waals surface area contributed by atoms with Gasteiger partial charge in [-0.15, -0.1) is 0 Å². The molecule has 1 atom stereocenters. The van der Waals surface area contributed by atoms with Gasteiger partial charge in [-0.2, -0.15) is 5.10 Å². The average Bonchev–Trinajstić information content (AvgIpc) is 2.66. The zero-order chi connectivity index (χ0) is 12.4. The summed E-state index contributed by atoms with van der Waals surface area (Å²) in [7, 11) is 0. The largest absolute Gasteiger partial charge is 0.462 e. The van der Waals surface area contributed by atoms with Crippen LogP contribution in [0.2, 0.25) is 0 Å². The maximum atomic E-state index is 11.9. The summed E-state index contributed by atoms with van der Waals surface area (Å²) in [6.45, 7) is 7.83. The number of hydrogen-bond donors (Lipinski definition) is 1. The molecule has 1 aliphatic rings. The number of nitrogens with zero attached hydrogens (tertiary/aromatic N) is 2. The van der Waals surface area contributed by atoms with Gasteiger partial charge in [0, 0.05) is 12.6 Å². The Morgan fingerprint density at radius 1 is 1.59 bits per heavy atom. The number of aromatic nitrogens is 2. The lowest BCUT2D eigenvalue weighted by Crippen LogP contribution is -2.37. The topological polar surface area (TPSA) is 56.1 Å². The summed E-state index contributed by atoms with van der Waals surface area (Å²) >= 11 is 0. The smallest absolute Gasteiger partial charge is 0.341 e. The lowest BCUT2D eigenvalue weighted by Gasteiger charge is -2.22. The molecule has 0 spiro atoms. The van der Waals surface area contributed by atoms with Gasteiger partial charge in [0.2, 0.25) is 0 Å². The fourth-order valence-corrected chi connectivity index (χ4v) is 2.16. The van der Waals surface area contributed by atoms with Gasteiger partial charge < -0.3 is 10.1 Å². The van der Waals surface area contributed by atoms with E-state index in [1.807, 2.05) is 18.5 Å². The van der Waals surface area contributed by atoms with Gasteiger partial charge in [-0.1, -0.05) is 6.92 Å². The SMILES string of the molecule is CCOC(=O)c1c(CC)nn2c1CNC(C)C2. The summed E-state index contributed by atoms with van der Waals surface area (Å²) < 4.78 is 7.04. The summed E-state index contributed by atoms with van der Waals surface area (Å²) in [4.78, 5) is 11.9. The van der Waals surface area contributed by atoms with Crippen LogP contribution in [0, 0.1) is 0 Å². The van der Waals surface area contributed by atoms with E-state index < -0.39 is 0 Å². The van der Waals surface area contributed by atoms with Gasteiger partial charge in [0.05, 0.1) is 24.5 Å². The third-order valence-corrected chi connectivity index (χ3v) is 3.01. The minimum Gasteiger partial charge on any atom is -0.462 e. The molecule has 0 aliphatic carbocycles. The molecule has 0 amide bonds. The van der Waals surface area contributed by atoms with Crippen LogP contribution in [0.15, 0.2) is 0 Å². The molecule has 2 rings (SSSR count). The van der Waals surface area contributed by atoms with Crippen molar-refractivity contribution in [3.05, 3.63) is 17.0 Å². The van der Waals surface area contributed by atoms with Crippen LogP contribution in [0.4, 0.5) is 0 Å². The highest BCUT2D eigenvalue weighted by atomic mass is 16.5. The van der Waals surface area contributed by atoms with E-state index in [-0.39, 0.29) is 5.97 Å². The van der Waals surface area contributed by atoms with E-state index in [0.717, 1.165) is 24.4 Å². The third kappa shape index (κ3) is 2.20. The average molecular weight is 237 g/mol. The molecule has 0 aromatic carbocycles. The van der Waals surface area contributed by atoms with Crippen molar-refractivity contribution in [3.8, 4) is 0 Å². The number of rotatable bonds is 3. The van der Waals surface area contributed by atoms with E-state index in [1.54, 1.807) is 0 Å². The van der Waals surface area contributed by atoms with Crippen molar-refractivity contribution in [2.75, 3.05) is 6.61 Å². The van der Waals surface area contributed by atoms with Gasteiger partial charge in [-0.25, -0.2) is 4.79 Å². The quantitative estimate of drug-likeness (QED) is 0.800. The summed E-state index contributed by atoms with van der Waals surface area (Å²) in [6, 6.07) is 0.391. The summed E-state index contributed by atoms with van der Waals surface area (Å²) in [5, 5.41) is 7.84. The fraction of sp³-hybridized carbons (Fsp3) is 0.667. The highest BCUT2D eigenvalue weighted by molar-refractivity contribution is 5.92. The molecule has 5 nitrogen and oxygen atoms in total. The predicted octanol–water partition coefficient (Wildman–Crippen LogP) is 1.11. The van der Waals surface area contributed by atoms with E-state index in [2.05, 4.69) is 17.3 Å². The Balaban J connectivity index is 2.39. The molecule has 17 heavy (non-hydrogen) atoms. The summed E-state index contributed by atoms with van der Waals surface area (Å²) in [6.07, 6.45) is 0.753. The molecule has 0 bridgehead atoms. The minimum absolute atomic E-state index is 0.248. The zero-order valence-electron chi connectivity index (χ0n) is 10.6. The van der Waals surface area contributed by atoms with Crippen molar-refractivity contribution in [2.24, 2.45) is 0 Å². The normalized spacial score (nSPS) is 18.9. The van der Waals surface area contributed by atoms with Crippen LogP contribution >= 0.6 is 0 Å². The van der Waals surface area contributed by atoms with Gasteiger partial charge in [0.1, 0.15) is 5.56 Å². The number of aryl methyl sites for hydroxylation is 1. The molecule has 0 radical (unpaired) electrons. The van der Waals surface area contributed by atoms with Crippen molar-refractivity contribution in [2.45, 2.75) is 46.3 Å². The second-order valence-corrected chi connectivity index (χ2v) is 4.31. The molecule has 1 unspecified atom stereocenters. The van der Waals surface area contributed by atoms with Crippen molar-refractivity contribution in [1.29, 1.82) is 0 Å². The highest BCUT2D eigenvalue weighted by Gasteiger charge is 2.26. The molecule has 0 fully saturated rings. The van der Waals surface area contributed by atoms with E-state index >= 15 is 0 Å². The van der Waals surface area contributed by atoms with Gasteiger partial charge >= 0.3 is 5.97 Å². The lowest BCUT2D eigenvalue weighted by atomic mass is 10.1. The standard InChI is InChI=1S/C12H19N3O2/c1-4-9-11(12(16)17-5-2)10-6-13-8(3)7-15(10)14-9/h8,13H,4-7H2,1-3H3. The second kappa shape index (κ2) is 4.87. The van der Waals surface area contributed by atoms with E-state index in [4.69, 9.17) is 4.74 Å². The van der Waals surface area contributed by atoms with Gasteiger partial charge in [-0.3, -0.25) is 4.68 Å².